The average molecular weight is 326 g/mol. The lowest BCUT2D eigenvalue weighted by Gasteiger charge is -2.17. The number of aryl methyl sites for hydroxylation is 1. The molecule has 1 saturated heterocycles. The van der Waals surface area contributed by atoms with Crippen LogP contribution in [0.5, 0.6) is 5.75 Å². The summed E-state index contributed by atoms with van der Waals surface area (Å²) in [6.45, 7) is 4.34. The molecule has 6 heteroatoms. The highest BCUT2D eigenvalue weighted by atomic mass is 16.5. The highest BCUT2D eigenvalue weighted by molar-refractivity contribution is 5.94. The Morgan fingerprint density at radius 1 is 1.21 bits per heavy atom. The number of aromatic nitrogens is 2. The summed E-state index contributed by atoms with van der Waals surface area (Å²) < 4.78 is 5.10. The van der Waals surface area contributed by atoms with Crippen molar-refractivity contribution in [1.82, 2.24) is 15.3 Å². The van der Waals surface area contributed by atoms with Crippen LogP contribution in [0.1, 0.15) is 34.7 Å². The number of benzene rings is 1. The highest BCUT2D eigenvalue weighted by Gasteiger charge is 2.15. The van der Waals surface area contributed by atoms with Gasteiger partial charge in [-0.2, -0.15) is 0 Å². The van der Waals surface area contributed by atoms with Gasteiger partial charge < -0.3 is 15.0 Å². The number of carbonyl (C=O) groups is 1. The van der Waals surface area contributed by atoms with Gasteiger partial charge in [0, 0.05) is 30.4 Å². The summed E-state index contributed by atoms with van der Waals surface area (Å²) >= 11 is 0. The summed E-state index contributed by atoms with van der Waals surface area (Å²) in [5.74, 6) is 2.17. The van der Waals surface area contributed by atoms with Crippen LogP contribution in [0.2, 0.25) is 0 Å². The van der Waals surface area contributed by atoms with Crippen molar-refractivity contribution in [3.8, 4) is 5.75 Å². The van der Waals surface area contributed by atoms with E-state index in [2.05, 4.69) is 20.2 Å². The second-order valence-corrected chi connectivity index (χ2v) is 5.89. The van der Waals surface area contributed by atoms with Crippen molar-refractivity contribution in [3.63, 3.8) is 0 Å². The number of hydrogen-bond donors (Lipinski definition) is 1. The maximum atomic E-state index is 12.2. The summed E-state index contributed by atoms with van der Waals surface area (Å²) in [6, 6.07) is 9.01. The van der Waals surface area contributed by atoms with E-state index in [0.29, 0.717) is 17.9 Å². The molecule has 1 N–H and O–H groups in total. The van der Waals surface area contributed by atoms with Gasteiger partial charge in [0.05, 0.1) is 13.7 Å². The summed E-state index contributed by atoms with van der Waals surface area (Å²) in [6.07, 6.45) is 2.40. The Morgan fingerprint density at radius 2 is 1.92 bits per heavy atom. The second-order valence-electron chi connectivity index (χ2n) is 5.89. The molecule has 0 unspecified atom stereocenters. The Balaban J connectivity index is 1.65. The van der Waals surface area contributed by atoms with Crippen LogP contribution >= 0.6 is 0 Å². The molecule has 1 aliphatic rings. The number of nitrogens with one attached hydrogen (secondary N) is 1. The van der Waals surface area contributed by atoms with E-state index >= 15 is 0 Å². The highest BCUT2D eigenvalue weighted by Crippen LogP contribution is 2.18. The largest absolute Gasteiger partial charge is 0.497 e. The molecule has 1 aromatic heterocycles. The Hall–Kier alpha value is -2.63. The first-order valence-corrected chi connectivity index (χ1v) is 8.17. The first kappa shape index (κ1) is 16.2. The zero-order valence-corrected chi connectivity index (χ0v) is 14.1. The second kappa shape index (κ2) is 7.29. The fraction of sp³-hybridized carbons (Fsp3) is 0.389. The molecule has 0 atom stereocenters. The van der Waals surface area contributed by atoms with Gasteiger partial charge in [-0.05, 0) is 44.0 Å². The number of nitrogens with zero attached hydrogens (tertiary/aromatic N) is 3. The van der Waals surface area contributed by atoms with Gasteiger partial charge in [0.2, 0.25) is 0 Å². The number of methoxy groups -OCH3 is 1. The molecule has 6 nitrogen and oxygen atoms in total. The first-order valence-electron chi connectivity index (χ1n) is 8.17. The van der Waals surface area contributed by atoms with Crippen LogP contribution in [-0.2, 0) is 6.54 Å². The van der Waals surface area contributed by atoms with Crippen molar-refractivity contribution in [2.24, 2.45) is 0 Å². The van der Waals surface area contributed by atoms with Crippen LogP contribution in [0.15, 0.2) is 30.3 Å². The van der Waals surface area contributed by atoms with Crippen molar-refractivity contribution in [3.05, 3.63) is 47.4 Å². The lowest BCUT2D eigenvalue weighted by molar-refractivity contribution is 0.0950. The van der Waals surface area contributed by atoms with Crippen LogP contribution in [0.3, 0.4) is 0 Å². The Bertz CT molecular complexity index is 709. The van der Waals surface area contributed by atoms with Crippen molar-refractivity contribution >= 4 is 11.7 Å². The summed E-state index contributed by atoms with van der Waals surface area (Å²) in [5, 5.41) is 2.87. The van der Waals surface area contributed by atoms with Crippen LogP contribution in [-0.4, -0.2) is 36.1 Å². The summed E-state index contributed by atoms with van der Waals surface area (Å²) in [5.41, 5.74) is 1.50. The lowest BCUT2D eigenvalue weighted by atomic mass is 10.2. The fourth-order valence-corrected chi connectivity index (χ4v) is 2.80. The van der Waals surface area contributed by atoms with Gasteiger partial charge in [0.15, 0.2) is 0 Å². The summed E-state index contributed by atoms with van der Waals surface area (Å²) in [4.78, 5) is 23.5. The van der Waals surface area contributed by atoms with Crippen LogP contribution in [0.4, 0.5) is 5.82 Å². The smallest absolute Gasteiger partial charge is 0.251 e. The van der Waals surface area contributed by atoms with Crippen LogP contribution in [0, 0.1) is 6.92 Å². The normalized spacial score (nSPS) is 13.8. The van der Waals surface area contributed by atoms with Gasteiger partial charge in [-0.25, -0.2) is 9.97 Å². The molecule has 0 bridgehead atoms. The van der Waals surface area contributed by atoms with Gasteiger partial charge in [0.1, 0.15) is 17.4 Å². The van der Waals surface area contributed by atoms with E-state index in [1.54, 1.807) is 31.4 Å². The maximum Gasteiger partial charge on any atom is 0.251 e. The number of carbonyl (C=O) groups excluding carboxylic acids is 1. The quantitative estimate of drug-likeness (QED) is 0.913. The number of rotatable bonds is 5. The third-order valence-electron chi connectivity index (χ3n) is 4.08. The molecular formula is C18H22N4O2. The molecule has 1 fully saturated rings. The van der Waals surface area contributed by atoms with Gasteiger partial charge in [-0.1, -0.05) is 0 Å². The Labute approximate surface area is 141 Å². The Kier molecular flexibility index (Phi) is 4.93. The van der Waals surface area contributed by atoms with E-state index in [1.807, 2.05) is 13.0 Å². The third kappa shape index (κ3) is 3.82. The molecule has 2 heterocycles. The van der Waals surface area contributed by atoms with E-state index in [0.717, 1.165) is 30.4 Å². The third-order valence-corrected chi connectivity index (χ3v) is 4.08. The molecule has 1 amide bonds. The van der Waals surface area contributed by atoms with E-state index in [9.17, 15) is 4.79 Å². The Morgan fingerprint density at radius 3 is 2.58 bits per heavy atom. The molecule has 126 valence electrons. The van der Waals surface area contributed by atoms with E-state index < -0.39 is 0 Å². The number of hydrogen-bond acceptors (Lipinski definition) is 5. The number of ether oxygens (including phenoxy) is 1. The minimum Gasteiger partial charge on any atom is -0.497 e. The lowest BCUT2D eigenvalue weighted by Crippen LogP contribution is -2.25. The van der Waals surface area contributed by atoms with Crippen LogP contribution < -0.4 is 15.0 Å². The topological polar surface area (TPSA) is 67.3 Å². The molecule has 24 heavy (non-hydrogen) atoms. The van der Waals surface area contributed by atoms with Crippen molar-refractivity contribution < 1.29 is 9.53 Å². The molecule has 1 aromatic carbocycles. The minimum atomic E-state index is -0.148. The van der Waals surface area contributed by atoms with E-state index in [-0.39, 0.29) is 5.91 Å². The zero-order valence-electron chi connectivity index (χ0n) is 14.1. The molecule has 0 aliphatic carbocycles. The first-order chi connectivity index (χ1) is 11.7. The van der Waals surface area contributed by atoms with Crippen LogP contribution in [0.25, 0.3) is 0 Å². The standard InChI is InChI=1S/C18H22N4O2/c1-13-11-17(22-9-3-4-10-22)21-16(20-13)12-19-18(23)14-5-7-15(24-2)8-6-14/h5-8,11H,3-4,9-10,12H2,1-2H3,(H,19,23). The molecule has 3 rings (SSSR count). The van der Waals surface area contributed by atoms with Gasteiger partial charge in [-0.15, -0.1) is 0 Å². The predicted molar refractivity (Wildman–Crippen MR) is 92.4 cm³/mol. The van der Waals surface area contributed by atoms with Gasteiger partial charge in [-0.3, -0.25) is 4.79 Å². The number of amides is 1. The molecule has 0 spiro atoms. The van der Waals surface area contributed by atoms with E-state index in [1.165, 1.54) is 12.8 Å². The van der Waals surface area contributed by atoms with Crippen molar-refractivity contribution in [2.45, 2.75) is 26.3 Å². The molecule has 1 aliphatic heterocycles. The van der Waals surface area contributed by atoms with Gasteiger partial charge >= 0.3 is 0 Å². The SMILES string of the molecule is COc1ccc(C(=O)NCc2nc(C)cc(N3CCCC3)n2)cc1. The van der Waals surface area contributed by atoms with Gasteiger partial charge in [0.25, 0.3) is 5.91 Å². The zero-order chi connectivity index (χ0) is 16.9. The number of anilines is 1. The predicted octanol–water partition coefficient (Wildman–Crippen LogP) is 2.32. The van der Waals surface area contributed by atoms with E-state index in [4.69, 9.17) is 4.74 Å². The molecule has 2 aromatic rings. The molecular weight excluding hydrogens is 304 g/mol. The maximum absolute atomic E-state index is 12.2. The average Bonchev–Trinajstić information content (AvgIpc) is 3.14. The van der Waals surface area contributed by atoms with Crippen molar-refractivity contribution in [1.29, 1.82) is 0 Å². The minimum absolute atomic E-state index is 0.148. The molecule has 0 saturated carbocycles. The molecule has 0 radical (unpaired) electrons. The fourth-order valence-electron chi connectivity index (χ4n) is 2.80. The monoisotopic (exact) mass is 326 g/mol. The van der Waals surface area contributed by atoms with Crippen molar-refractivity contribution in [2.75, 3.05) is 25.1 Å². The summed E-state index contributed by atoms with van der Waals surface area (Å²) in [7, 11) is 1.60.